The van der Waals surface area contributed by atoms with E-state index in [1.54, 1.807) is 0 Å². The highest BCUT2D eigenvalue weighted by Crippen LogP contribution is 2.11. The summed E-state index contributed by atoms with van der Waals surface area (Å²) in [6.45, 7) is 14.0. The van der Waals surface area contributed by atoms with Crippen molar-refractivity contribution in [2.75, 3.05) is 0 Å². The van der Waals surface area contributed by atoms with Crippen molar-refractivity contribution >= 4 is 0 Å². The summed E-state index contributed by atoms with van der Waals surface area (Å²) in [7, 11) is 0. The first-order valence-corrected chi connectivity index (χ1v) is 8.50. The summed E-state index contributed by atoms with van der Waals surface area (Å²) >= 11 is 0. The first-order chi connectivity index (χ1) is 10.7. The molecule has 22 heavy (non-hydrogen) atoms. The van der Waals surface area contributed by atoms with E-state index in [0.29, 0.717) is 0 Å². The van der Waals surface area contributed by atoms with Gasteiger partial charge >= 0.3 is 0 Å². The van der Waals surface area contributed by atoms with E-state index in [2.05, 4.69) is 68.1 Å². The Morgan fingerprint density at radius 3 is 1.55 bits per heavy atom. The lowest BCUT2D eigenvalue weighted by atomic mass is 10.0. The molecule has 0 saturated heterocycles. The standard InChI is InChI=1S/C18H20.2C2H6/c1-15(2)14-18-12-10-17(11-13-18)9-8-16-6-4-3-5-7-16;2*1-2/h3-7,10-13H,1,8-9,14H2,2H3;2*1-2H3. The van der Waals surface area contributed by atoms with Gasteiger partial charge in [-0.1, -0.05) is 94.4 Å². The molecule has 0 saturated carbocycles. The SMILES string of the molecule is C=C(C)Cc1ccc(CCc2ccccc2)cc1.CC.CC. The number of rotatable bonds is 5. The Balaban J connectivity index is 0.00000102. The van der Waals surface area contributed by atoms with Crippen LogP contribution in [0, 0.1) is 0 Å². The van der Waals surface area contributed by atoms with Gasteiger partial charge in [0.15, 0.2) is 0 Å². The van der Waals surface area contributed by atoms with Crippen molar-refractivity contribution in [2.45, 2.75) is 53.9 Å². The predicted octanol–water partition coefficient (Wildman–Crippen LogP) is 6.64. The summed E-state index contributed by atoms with van der Waals surface area (Å²) < 4.78 is 0. The zero-order valence-corrected chi connectivity index (χ0v) is 15.0. The second-order valence-electron chi connectivity index (χ2n) is 4.94. The molecule has 0 heteroatoms. The van der Waals surface area contributed by atoms with E-state index in [4.69, 9.17) is 0 Å². The highest BCUT2D eigenvalue weighted by atomic mass is 14.0. The van der Waals surface area contributed by atoms with Crippen LogP contribution in [-0.2, 0) is 19.3 Å². The molecular weight excluding hydrogens is 264 g/mol. The largest absolute Gasteiger partial charge is 0.0998 e. The molecule has 0 radical (unpaired) electrons. The fourth-order valence-corrected chi connectivity index (χ4v) is 2.11. The first kappa shape index (κ1) is 20.2. The molecule has 0 heterocycles. The average Bonchev–Trinajstić information content (AvgIpc) is 2.58. The third kappa shape index (κ3) is 8.46. The van der Waals surface area contributed by atoms with Gasteiger partial charge in [0, 0.05) is 0 Å². The molecule has 2 rings (SSSR count). The van der Waals surface area contributed by atoms with Crippen molar-refractivity contribution in [1.29, 1.82) is 0 Å². The topological polar surface area (TPSA) is 0 Å². The number of allylic oxidation sites excluding steroid dienone is 1. The third-order valence-corrected chi connectivity index (χ3v) is 3.07. The maximum atomic E-state index is 3.95. The highest BCUT2D eigenvalue weighted by molar-refractivity contribution is 5.26. The molecule has 0 nitrogen and oxygen atoms in total. The monoisotopic (exact) mass is 296 g/mol. The fourth-order valence-electron chi connectivity index (χ4n) is 2.11. The van der Waals surface area contributed by atoms with Crippen LogP contribution in [0.1, 0.15) is 51.3 Å². The van der Waals surface area contributed by atoms with Crippen LogP contribution in [0.2, 0.25) is 0 Å². The second-order valence-corrected chi connectivity index (χ2v) is 4.94. The van der Waals surface area contributed by atoms with Crippen molar-refractivity contribution < 1.29 is 0 Å². The summed E-state index contributed by atoms with van der Waals surface area (Å²) in [6.07, 6.45) is 3.21. The van der Waals surface area contributed by atoms with Crippen LogP contribution < -0.4 is 0 Å². The van der Waals surface area contributed by atoms with E-state index in [0.717, 1.165) is 19.3 Å². The Labute approximate surface area is 137 Å². The van der Waals surface area contributed by atoms with Crippen molar-refractivity contribution in [3.8, 4) is 0 Å². The van der Waals surface area contributed by atoms with E-state index < -0.39 is 0 Å². The molecule has 0 aromatic heterocycles. The molecule has 0 aliphatic heterocycles. The van der Waals surface area contributed by atoms with E-state index in [-0.39, 0.29) is 0 Å². The molecule has 0 spiro atoms. The van der Waals surface area contributed by atoms with Gasteiger partial charge in [-0.05, 0) is 42.9 Å². The lowest BCUT2D eigenvalue weighted by molar-refractivity contribution is 0.958. The smallest absolute Gasteiger partial charge is 0.00726 e. The maximum absolute atomic E-state index is 3.95. The Hall–Kier alpha value is -1.82. The van der Waals surface area contributed by atoms with Gasteiger partial charge in [-0.15, -0.1) is 0 Å². The summed E-state index contributed by atoms with van der Waals surface area (Å²) in [5.41, 5.74) is 5.38. The summed E-state index contributed by atoms with van der Waals surface area (Å²) in [6, 6.07) is 19.6. The van der Waals surface area contributed by atoms with Gasteiger partial charge < -0.3 is 0 Å². The molecule has 2 aromatic carbocycles. The Morgan fingerprint density at radius 1 is 0.682 bits per heavy atom. The molecular formula is C22H32. The van der Waals surface area contributed by atoms with Crippen molar-refractivity contribution in [2.24, 2.45) is 0 Å². The number of aryl methyl sites for hydroxylation is 2. The summed E-state index contributed by atoms with van der Waals surface area (Å²) in [5.74, 6) is 0. The first-order valence-electron chi connectivity index (χ1n) is 8.50. The van der Waals surface area contributed by atoms with Crippen LogP contribution >= 0.6 is 0 Å². The van der Waals surface area contributed by atoms with Crippen molar-refractivity contribution in [3.05, 3.63) is 83.4 Å². The normalized spacial score (nSPS) is 8.95. The molecule has 0 N–H and O–H groups in total. The van der Waals surface area contributed by atoms with Crippen LogP contribution in [0.15, 0.2) is 66.7 Å². The maximum Gasteiger partial charge on any atom is -0.00726 e. The van der Waals surface area contributed by atoms with Crippen molar-refractivity contribution in [3.63, 3.8) is 0 Å². The van der Waals surface area contributed by atoms with Gasteiger partial charge in [0.2, 0.25) is 0 Å². The lowest BCUT2D eigenvalue weighted by Crippen LogP contribution is -1.92. The van der Waals surface area contributed by atoms with Crippen LogP contribution in [0.3, 0.4) is 0 Å². The summed E-state index contributed by atoms with van der Waals surface area (Å²) in [4.78, 5) is 0. The molecule has 0 fully saturated rings. The van der Waals surface area contributed by atoms with Gasteiger partial charge in [0.05, 0.1) is 0 Å². The predicted molar refractivity (Wildman–Crippen MR) is 102 cm³/mol. The molecule has 2 aromatic rings. The number of hydrogen-bond donors (Lipinski definition) is 0. The van der Waals surface area contributed by atoms with Crippen LogP contribution in [0.4, 0.5) is 0 Å². The average molecular weight is 296 g/mol. The highest BCUT2D eigenvalue weighted by Gasteiger charge is 1.97. The molecule has 0 bridgehead atoms. The van der Waals surface area contributed by atoms with E-state index >= 15 is 0 Å². The van der Waals surface area contributed by atoms with Gasteiger partial charge in [0.1, 0.15) is 0 Å². The van der Waals surface area contributed by atoms with E-state index in [9.17, 15) is 0 Å². The minimum Gasteiger partial charge on any atom is -0.0998 e. The molecule has 0 aliphatic carbocycles. The minimum atomic E-state index is 0.985. The van der Waals surface area contributed by atoms with Gasteiger partial charge in [-0.2, -0.15) is 0 Å². The van der Waals surface area contributed by atoms with Crippen LogP contribution in [-0.4, -0.2) is 0 Å². The molecule has 0 unspecified atom stereocenters. The number of benzene rings is 2. The fraction of sp³-hybridized carbons (Fsp3) is 0.364. The quantitative estimate of drug-likeness (QED) is 0.542. The Morgan fingerprint density at radius 2 is 1.09 bits per heavy atom. The van der Waals surface area contributed by atoms with Crippen LogP contribution in [0.25, 0.3) is 0 Å². The van der Waals surface area contributed by atoms with Crippen molar-refractivity contribution in [1.82, 2.24) is 0 Å². The zero-order valence-electron chi connectivity index (χ0n) is 15.0. The Bertz CT molecular complexity index is 491. The third-order valence-electron chi connectivity index (χ3n) is 3.07. The molecule has 0 amide bonds. The summed E-state index contributed by atoms with van der Waals surface area (Å²) in [5, 5.41) is 0. The van der Waals surface area contributed by atoms with Gasteiger partial charge in [-0.25, -0.2) is 0 Å². The lowest BCUT2D eigenvalue weighted by Gasteiger charge is -2.04. The van der Waals surface area contributed by atoms with E-state index in [1.807, 2.05) is 27.7 Å². The second kappa shape index (κ2) is 12.9. The Kier molecular flexibility index (Phi) is 11.8. The molecule has 0 aliphatic rings. The molecule has 120 valence electrons. The van der Waals surface area contributed by atoms with Crippen LogP contribution in [0.5, 0.6) is 0 Å². The van der Waals surface area contributed by atoms with Gasteiger partial charge in [0.25, 0.3) is 0 Å². The minimum absolute atomic E-state index is 0.985. The van der Waals surface area contributed by atoms with Gasteiger partial charge in [-0.3, -0.25) is 0 Å². The zero-order chi connectivity index (χ0) is 16.8. The van der Waals surface area contributed by atoms with E-state index in [1.165, 1.54) is 22.3 Å². The molecule has 0 atom stereocenters. The number of hydrogen-bond acceptors (Lipinski definition) is 0.